The third-order valence-corrected chi connectivity index (χ3v) is 5.01. The molecule has 1 rings (SSSR count). The fourth-order valence-corrected chi connectivity index (χ4v) is 2.73. The van der Waals surface area contributed by atoms with Gasteiger partial charge in [-0.3, -0.25) is 4.79 Å². The summed E-state index contributed by atoms with van der Waals surface area (Å²) in [6.07, 6.45) is 1.16. The number of benzene rings is 1. The molecule has 0 bridgehead atoms. The quantitative estimate of drug-likeness (QED) is 0.805. The number of likely N-dealkylation sites (N-methyl/N-ethyl adjacent to an activating group) is 1. The highest BCUT2D eigenvalue weighted by Gasteiger charge is 2.23. The van der Waals surface area contributed by atoms with Crippen LogP contribution in [0.1, 0.15) is 31.7 Å². The van der Waals surface area contributed by atoms with Crippen LogP contribution in [0.15, 0.2) is 24.3 Å². The molecule has 0 heterocycles. The van der Waals surface area contributed by atoms with E-state index in [1.165, 1.54) is 0 Å². The second-order valence-corrected chi connectivity index (χ2v) is 8.16. The minimum atomic E-state index is -3.12. The molecule has 6 heteroatoms. The van der Waals surface area contributed by atoms with Gasteiger partial charge in [0.25, 0.3) is 0 Å². The Bertz CT molecular complexity index is 583. The minimum Gasteiger partial charge on any atom is -0.342 e. The Balaban J connectivity index is 2.70. The molecule has 0 unspecified atom stereocenters. The molecule has 0 saturated heterocycles. The fourth-order valence-electron chi connectivity index (χ4n) is 2.06. The molecule has 0 fully saturated rings. The van der Waals surface area contributed by atoms with Crippen LogP contribution in [0.2, 0.25) is 5.02 Å². The van der Waals surface area contributed by atoms with Crippen LogP contribution in [0.4, 0.5) is 0 Å². The molecule has 0 aromatic heterocycles. The number of hydrogen-bond acceptors (Lipinski definition) is 3. The van der Waals surface area contributed by atoms with Crippen LogP contribution in [0, 0.1) is 0 Å². The van der Waals surface area contributed by atoms with Gasteiger partial charge in [-0.2, -0.15) is 0 Å². The highest BCUT2D eigenvalue weighted by molar-refractivity contribution is 7.90. The van der Waals surface area contributed by atoms with Crippen LogP contribution in [-0.4, -0.2) is 44.3 Å². The number of sulfone groups is 1. The van der Waals surface area contributed by atoms with E-state index in [4.69, 9.17) is 11.6 Å². The van der Waals surface area contributed by atoms with E-state index in [-0.39, 0.29) is 30.0 Å². The minimum absolute atomic E-state index is 0.0208. The Labute approximate surface area is 132 Å². The van der Waals surface area contributed by atoms with Crippen molar-refractivity contribution in [3.05, 3.63) is 34.9 Å². The zero-order valence-electron chi connectivity index (χ0n) is 12.8. The Morgan fingerprint density at radius 1 is 1.24 bits per heavy atom. The Kier molecular flexibility index (Phi) is 6.23. The van der Waals surface area contributed by atoms with E-state index in [0.29, 0.717) is 5.02 Å². The lowest BCUT2D eigenvalue weighted by atomic mass is 9.93. The van der Waals surface area contributed by atoms with E-state index < -0.39 is 9.84 Å². The van der Waals surface area contributed by atoms with Gasteiger partial charge in [0, 0.05) is 36.7 Å². The molecule has 2 atom stereocenters. The second-order valence-electron chi connectivity index (χ2n) is 5.47. The summed E-state index contributed by atoms with van der Waals surface area (Å²) < 4.78 is 22.3. The maximum Gasteiger partial charge on any atom is 0.223 e. The second kappa shape index (κ2) is 7.27. The van der Waals surface area contributed by atoms with Crippen molar-refractivity contribution in [1.82, 2.24) is 4.90 Å². The first-order valence-corrected chi connectivity index (χ1v) is 9.24. The SMILES string of the molecule is C[C@H]([C@@H](C)c1ccc(Cl)cc1)N(C)C(=O)CCS(C)(=O)=O. The number of hydrogen-bond donors (Lipinski definition) is 0. The topological polar surface area (TPSA) is 54.5 Å². The molecule has 1 aromatic carbocycles. The van der Waals surface area contributed by atoms with Gasteiger partial charge in [0.2, 0.25) is 5.91 Å². The van der Waals surface area contributed by atoms with Crippen LogP contribution >= 0.6 is 11.6 Å². The standard InChI is InChI=1S/C15H22ClNO3S/c1-11(13-5-7-14(16)8-6-13)12(2)17(3)15(18)9-10-21(4,19)20/h5-8,11-12H,9-10H2,1-4H3/t11-,12-/m1/s1. The van der Waals surface area contributed by atoms with Crippen molar-refractivity contribution in [1.29, 1.82) is 0 Å². The highest BCUT2D eigenvalue weighted by Crippen LogP contribution is 2.24. The van der Waals surface area contributed by atoms with Gasteiger partial charge in [-0.15, -0.1) is 0 Å². The summed E-state index contributed by atoms with van der Waals surface area (Å²) in [4.78, 5) is 13.7. The molecule has 0 aliphatic heterocycles. The molecular formula is C15H22ClNO3S. The monoisotopic (exact) mass is 331 g/mol. The molecule has 0 saturated carbocycles. The Hall–Kier alpha value is -1.07. The summed E-state index contributed by atoms with van der Waals surface area (Å²) in [7, 11) is -1.41. The first kappa shape index (κ1) is 18.0. The van der Waals surface area contributed by atoms with Gasteiger partial charge < -0.3 is 4.90 Å². The largest absolute Gasteiger partial charge is 0.342 e. The lowest BCUT2D eigenvalue weighted by Crippen LogP contribution is -2.38. The Morgan fingerprint density at radius 3 is 2.24 bits per heavy atom. The fraction of sp³-hybridized carbons (Fsp3) is 0.533. The van der Waals surface area contributed by atoms with Gasteiger partial charge in [0.1, 0.15) is 9.84 Å². The lowest BCUT2D eigenvalue weighted by molar-refractivity contribution is -0.131. The van der Waals surface area contributed by atoms with Crippen molar-refractivity contribution in [3.8, 4) is 0 Å². The molecule has 0 aliphatic carbocycles. The molecule has 0 N–H and O–H groups in total. The van der Waals surface area contributed by atoms with E-state index in [0.717, 1.165) is 11.8 Å². The van der Waals surface area contributed by atoms with E-state index in [1.54, 1.807) is 11.9 Å². The maximum atomic E-state index is 12.1. The van der Waals surface area contributed by atoms with Crippen molar-refractivity contribution in [2.24, 2.45) is 0 Å². The zero-order valence-corrected chi connectivity index (χ0v) is 14.4. The number of nitrogens with zero attached hydrogens (tertiary/aromatic N) is 1. The van der Waals surface area contributed by atoms with E-state index in [2.05, 4.69) is 0 Å². The average Bonchev–Trinajstić information content (AvgIpc) is 2.42. The number of rotatable bonds is 6. The third-order valence-electron chi connectivity index (χ3n) is 3.81. The van der Waals surface area contributed by atoms with Crippen molar-refractivity contribution in [3.63, 3.8) is 0 Å². The lowest BCUT2D eigenvalue weighted by Gasteiger charge is -2.30. The van der Waals surface area contributed by atoms with E-state index in [1.807, 2.05) is 38.1 Å². The zero-order chi connectivity index (χ0) is 16.2. The summed E-state index contributed by atoms with van der Waals surface area (Å²) in [6, 6.07) is 7.51. The van der Waals surface area contributed by atoms with Gasteiger partial charge in [0.05, 0.1) is 5.75 Å². The van der Waals surface area contributed by atoms with Gasteiger partial charge in [0.15, 0.2) is 0 Å². The summed E-state index contributed by atoms with van der Waals surface area (Å²) in [5.41, 5.74) is 1.09. The van der Waals surface area contributed by atoms with Crippen molar-refractivity contribution < 1.29 is 13.2 Å². The normalized spacial score (nSPS) is 14.5. The van der Waals surface area contributed by atoms with Crippen molar-refractivity contribution >= 4 is 27.3 Å². The molecule has 0 spiro atoms. The molecule has 1 aromatic rings. The first-order valence-electron chi connectivity index (χ1n) is 6.80. The van der Waals surface area contributed by atoms with Gasteiger partial charge >= 0.3 is 0 Å². The molecule has 21 heavy (non-hydrogen) atoms. The highest BCUT2D eigenvalue weighted by atomic mass is 35.5. The van der Waals surface area contributed by atoms with Gasteiger partial charge in [-0.1, -0.05) is 30.7 Å². The van der Waals surface area contributed by atoms with Gasteiger partial charge in [-0.05, 0) is 24.6 Å². The predicted octanol–water partition coefficient (Wildman–Crippen LogP) is 2.73. The molecule has 0 aliphatic rings. The maximum absolute atomic E-state index is 12.1. The summed E-state index contributed by atoms with van der Waals surface area (Å²) >= 11 is 5.87. The first-order chi connectivity index (χ1) is 9.61. The van der Waals surface area contributed by atoms with Crippen LogP contribution in [0.3, 0.4) is 0 Å². The van der Waals surface area contributed by atoms with Crippen molar-refractivity contribution in [2.75, 3.05) is 19.1 Å². The predicted molar refractivity (Wildman–Crippen MR) is 86.4 cm³/mol. The van der Waals surface area contributed by atoms with Crippen LogP contribution in [0.25, 0.3) is 0 Å². The Morgan fingerprint density at radius 2 is 1.76 bits per heavy atom. The number of carbonyl (C=O) groups excluding carboxylic acids is 1. The van der Waals surface area contributed by atoms with Gasteiger partial charge in [-0.25, -0.2) is 8.42 Å². The van der Waals surface area contributed by atoms with Crippen LogP contribution in [0.5, 0.6) is 0 Å². The molecule has 0 radical (unpaired) electrons. The molecule has 4 nitrogen and oxygen atoms in total. The average molecular weight is 332 g/mol. The smallest absolute Gasteiger partial charge is 0.223 e. The number of carbonyl (C=O) groups is 1. The van der Waals surface area contributed by atoms with Crippen molar-refractivity contribution in [2.45, 2.75) is 32.2 Å². The number of amides is 1. The van der Waals surface area contributed by atoms with E-state index in [9.17, 15) is 13.2 Å². The third kappa shape index (κ3) is 5.67. The summed E-state index contributed by atoms with van der Waals surface area (Å²) in [6.45, 7) is 3.99. The molecular weight excluding hydrogens is 310 g/mol. The number of halogens is 1. The molecule has 118 valence electrons. The van der Waals surface area contributed by atoms with Crippen LogP contribution < -0.4 is 0 Å². The van der Waals surface area contributed by atoms with E-state index >= 15 is 0 Å². The molecule has 1 amide bonds. The summed E-state index contributed by atoms with van der Waals surface area (Å²) in [5.74, 6) is -0.138. The van der Waals surface area contributed by atoms with Crippen LogP contribution in [-0.2, 0) is 14.6 Å². The summed E-state index contributed by atoms with van der Waals surface area (Å²) in [5, 5.41) is 0.677.